The molecule has 146 valence electrons. The lowest BCUT2D eigenvalue weighted by Crippen LogP contribution is -2.03. The normalized spacial score (nSPS) is 15.6. The number of nitrogens with one attached hydrogen (secondary N) is 1. The number of aryl methyl sites for hydroxylation is 1. The van der Waals surface area contributed by atoms with Crippen molar-refractivity contribution >= 4 is 16.9 Å². The van der Waals surface area contributed by atoms with Crippen LogP contribution in [-0.4, -0.2) is 38.3 Å². The van der Waals surface area contributed by atoms with E-state index in [1.165, 1.54) is 5.56 Å². The van der Waals surface area contributed by atoms with Crippen molar-refractivity contribution in [3.63, 3.8) is 0 Å². The molecule has 29 heavy (non-hydrogen) atoms. The van der Waals surface area contributed by atoms with E-state index in [0.717, 1.165) is 35.0 Å². The summed E-state index contributed by atoms with van der Waals surface area (Å²) in [5.74, 6) is 0.664. The summed E-state index contributed by atoms with van der Waals surface area (Å²) in [6.07, 6.45) is 3.49. The van der Waals surface area contributed by atoms with Crippen LogP contribution in [0.5, 0.6) is 5.88 Å². The first kappa shape index (κ1) is 17.4. The minimum atomic E-state index is -0.769. The molecule has 8 nitrogen and oxygen atoms in total. The topological polar surface area (TPSA) is 114 Å². The predicted octanol–water partition coefficient (Wildman–Crippen LogP) is 3.79. The Kier molecular flexibility index (Phi) is 4.04. The Morgan fingerprint density at radius 2 is 2.17 bits per heavy atom. The zero-order valence-corrected chi connectivity index (χ0v) is 15.7. The highest BCUT2D eigenvalue weighted by atomic mass is 16.5. The molecule has 1 aliphatic rings. The molecule has 0 aliphatic heterocycles. The van der Waals surface area contributed by atoms with Gasteiger partial charge in [-0.1, -0.05) is 5.16 Å². The van der Waals surface area contributed by atoms with Gasteiger partial charge in [0.25, 0.3) is 5.89 Å². The van der Waals surface area contributed by atoms with Gasteiger partial charge in [0.2, 0.25) is 11.7 Å². The number of H-pyrrole nitrogens is 1. The number of pyridine rings is 1. The number of aromatic amines is 1. The van der Waals surface area contributed by atoms with Crippen molar-refractivity contribution in [2.75, 3.05) is 7.11 Å². The molecule has 0 spiro atoms. The van der Waals surface area contributed by atoms with Gasteiger partial charge in [-0.25, -0.2) is 4.98 Å². The largest absolute Gasteiger partial charge is 0.481 e. The molecule has 0 bridgehead atoms. The van der Waals surface area contributed by atoms with Crippen LogP contribution in [0.2, 0.25) is 0 Å². The molecule has 5 rings (SSSR count). The zero-order chi connectivity index (χ0) is 20.0. The smallest absolute Gasteiger partial charge is 0.304 e. The van der Waals surface area contributed by atoms with Crippen LogP contribution in [0.1, 0.15) is 30.0 Å². The van der Waals surface area contributed by atoms with Crippen LogP contribution in [-0.2, 0) is 11.2 Å². The van der Waals surface area contributed by atoms with E-state index in [1.54, 1.807) is 19.4 Å². The molecule has 0 saturated heterocycles. The van der Waals surface area contributed by atoms with Gasteiger partial charge in [0.1, 0.15) is 0 Å². The molecule has 1 aliphatic carbocycles. The van der Waals surface area contributed by atoms with Crippen LogP contribution < -0.4 is 4.74 Å². The van der Waals surface area contributed by atoms with Gasteiger partial charge in [0.15, 0.2) is 0 Å². The lowest BCUT2D eigenvalue weighted by atomic mass is 10.0. The second-order valence-corrected chi connectivity index (χ2v) is 7.12. The number of benzene rings is 1. The van der Waals surface area contributed by atoms with E-state index < -0.39 is 5.97 Å². The average molecular weight is 390 g/mol. The van der Waals surface area contributed by atoms with Crippen LogP contribution in [0.3, 0.4) is 0 Å². The third-order valence-electron chi connectivity index (χ3n) is 5.39. The summed E-state index contributed by atoms with van der Waals surface area (Å²) in [5, 5.41) is 14.3. The van der Waals surface area contributed by atoms with Crippen molar-refractivity contribution in [2.24, 2.45) is 0 Å². The molecule has 3 heterocycles. The van der Waals surface area contributed by atoms with Crippen LogP contribution in [0.15, 0.2) is 41.1 Å². The summed E-state index contributed by atoms with van der Waals surface area (Å²) in [6.45, 7) is 0. The van der Waals surface area contributed by atoms with Gasteiger partial charge in [-0.05, 0) is 42.7 Å². The Hall–Kier alpha value is -3.68. The van der Waals surface area contributed by atoms with Gasteiger partial charge >= 0.3 is 5.97 Å². The molecule has 0 saturated carbocycles. The van der Waals surface area contributed by atoms with Crippen molar-refractivity contribution in [1.82, 2.24) is 20.1 Å². The van der Waals surface area contributed by atoms with Gasteiger partial charge < -0.3 is 19.4 Å². The summed E-state index contributed by atoms with van der Waals surface area (Å²) in [7, 11) is 1.56. The van der Waals surface area contributed by atoms with Gasteiger partial charge in [0.05, 0.1) is 19.1 Å². The summed E-state index contributed by atoms with van der Waals surface area (Å²) in [5.41, 5.74) is 4.79. The summed E-state index contributed by atoms with van der Waals surface area (Å²) < 4.78 is 10.5. The number of nitrogens with zero attached hydrogens (tertiary/aromatic N) is 3. The predicted molar refractivity (Wildman–Crippen MR) is 105 cm³/mol. The molecule has 1 unspecified atom stereocenters. The quantitative estimate of drug-likeness (QED) is 0.533. The number of hydrogen-bond acceptors (Lipinski definition) is 6. The molecule has 8 heteroatoms. The van der Waals surface area contributed by atoms with Crippen molar-refractivity contribution < 1.29 is 19.2 Å². The lowest BCUT2D eigenvalue weighted by molar-refractivity contribution is -0.137. The maximum absolute atomic E-state index is 11.1. The van der Waals surface area contributed by atoms with Crippen molar-refractivity contribution in [2.45, 2.75) is 25.2 Å². The number of carbonyl (C=O) groups is 1. The lowest BCUT2D eigenvalue weighted by Gasteiger charge is -2.05. The first-order valence-electron chi connectivity index (χ1n) is 9.33. The van der Waals surface area contributed by atoms with Gasteiger partial charge in [-0.3, -0.25) is 4.79 Å². The number of hydrogen-bond donors (Lipinski definition) is 2. The number of methoxy groups -OCH3 is 1. The number of carboxylic acid groups (broad SMARTS) is 1. The Bertz CT molecular complexity index is 1210. The molecule has 3 aromatic heterocycles. The van der Waals surface area contributed by atoms with E-state index in [2.05, 4.69) is 20.1 Å². The van der Waals surface area contributed by atoms with Gasteiger partial charge in [-0.15, -0.1) is 0 Å². The van der Waals surface area contributed by atoms with E-state index in [-0.39, 0.29) is 12.3 Å². The number of carboxylic acids is 1. The maximum atomic E-state index is 11.1. The van der Waals surface area contributed by atoms with E-state index in [0.29, 0.717) is 23.2 Å². The summed E-state index contributed by atoms with van der Waals surface area (Å²) in [4.78, 5) is 23.2. The SMILES string of the molecule is COc1ccc(-c2nc(-c3ccc4[nH]c5c(c4c3)CCC5CC(=O)O)no2)cn1. The highest BCUT2D eigenvalue weighted by Gasteiger charge is 2.28. The van der Waals surface area contributed by atoms with Gasteiger partial charge in [0, 0.05) is 40.3 Å². The maximum Gasteiger partial charge on any atom is 0.304 e. The number of ether oxygens (including phenoxy) is 1. The third-order valence-corrected chi connectivity index (χ3v) is 5.39. The monoisotopic (exact) mass is 390 g/mol. The zero-order valence-electron chi connectivity index (χ0n) is 15.7. The Labute approximate surface area is 165 Å². The molecule has 2 N–H and O–H groups in total. The van der Waals surface area contributed by atoms with Crippen molar-refractivity contribution in [3.8, 4) is 28.7 Å². The second-order valence-electron chi connectivity index (χ2n) is 7.12. The minimum absolute atomic E-state index is 0.0395. The fourth-order valence-electron chi connectivity index (χ4n) is 3.99. The number of aromatic nitrogens is 4. The Balaban J connectivity index is 1.48. The number of fused-ring (bicyclic) bond motifs is 3. The molecular formula is C21H18N4O4. The first-order valence-corrected chi connectivity index (χ1v) is 9.33. The van der Waals surface area contributed by atoms with Crippen LogP contribution in [0.25, 0.3) is 33.7 Å². The van der Waals surface area contributed by atoms with E-state index in [9.17, 15) is 4.79 Å². The average Bonchev–Trinajstić information content (AvgIpc) is 3.44. The van der Waals surface area contributed by atoms with Crippen molar-refractivity contribution in [1.29, 1.82) is 0 Å². The highest BCUT2D eigenvalue weighted by molar-refractivity contribution is 5.89. The molecule has 0 radical (unpaired) electrons. The highest BCUT2D eigenvalue weighted by Crippen LogP contribution is 2.40. The van der Waals surface area contributed by atoms with Gasteiger partial charge in [-0.2, -0.15) is 4.98 Å². The Morgan fingerprint density at radius 1 is 1.31 bits per heavy atom. The fraction of sp³-hybridized carbons (Fsp3) is 0.238. The Morgan fingerprint density at radius 3 is 2.93 bits per heavy atom. The third kappa shape index (κ3) is 3.02. The number of aliphatic carboxylic acids is 1. The fourth-order valence-corrected chi connectivity index (χ4v) is 3.99. The van der Waals surface area contributed by atoms with E-state index in [1.807, 2.05) is 24.3 Å². The molecule has 4 aromatic rings. The van der Waals surface area contributed by atoms with Crippen LogP contribution in [0.4, 0.5) is 0 Å². The van der Waals surface area contributed by atoms with Crippen LogP contribution >= 0.6 is 0 Å². The first-order chi connectivity index (χ1) is 14.1. The van der Waals surface area contributed by atoms with E-state index in [4.69, 9.17) is 14.4 Å². The second kappa shape index (κ2) is 6.73. The molecule has 1 atom stereocenters. The molecule has 0 amide bonds. The molecule has 0 fully saturated rings. The standard InChI is InChI=1S/C21H18N4O4/c1-28-17-7-4-13(10-22-17)21-24-20(25-29-21)12-3-6-16-15(8-12)14-5-2-11(9-18(26)27)19(14)23-16/h3-4,6-8,10-11,23H,2,5,9H2,1H3,(H,26,27). The molecule has 1 aromatic carbocycles. The number of rotatable bonds is 5. The van der Waals surface area contributed by atoms with E-state index >= 15 is 0 Å². The molecular weight excluding hydrogens is 372 g/mol. The minimum Gasteiger partial charge on any atom is -0.481 e. The van der Waals surface area contributed by atoms with Crippen LogP contribution in [0, 0.1) is 0 Å². The summed E-state index contributed by atoms with van der Waals surface area (Å²) >= 11 is 0. The van der Waals surface area contributed by atoms with Crippen molar-refractivity contribution in [3.05, 3.63) is 47.8 Å². The summed E-state index contributed by atoms with van der Waals surface area (Å²) in [6, 6.07) is 9.50.